The van der Waals surface area contributed by atoms with Crippen LogP contribution in [-0.2, 0) is 4.74 Å². The molecule has 2 nitrogen and oxygen atoms in total. The maximum atomic E-state index is 5.59. The second kappa shape index (κ2) is 3.38. The van der Waals surface area contributed by atoms with Crippen LogP contribution in [-0.4, -0.2) is 19.3 Å². The Balaban J connectivity index is 2.01. The van der Waals surface area contributed by atoms with Crippen molar-refractivity contribution < 1.29 is 9.47 Å². The third-order valence-electron chi connectivity index (χ3n) is 2.16. The molecule has 0 saturated carbocycles. The van der Waals surface area contributed by atoms with Gasteiger partial charge in [0.25, 0.3) is 0 Å². The number of hydrogen-bond acceptors (Lipinski definition) is 2. The minimum Gasteiger partial charge on any atom is -0.491 e. The number of aryl methyl sites for hydroxylation is 2. The molecular weight excluding hydrogens is 164 g/mol. The Morgan fingerprint density at radius 3 is 2.85 bits per heavy atom. The SMILES string of the molecule is Cc1ccc(OC[C@@H]2CO2)c(C)c1. The van der Waals surface area contributed by atoms with E-state index >= 15 is 0 Å². The van der Waals surface area contributed by atoms with Crippen LogP contribution >= 0.6 is 0 Å². The summed E-state index contributed by atoms with van der Waals surface area (Å²) in [5, 5.41) is 0. The lowest BCUT2D eigenvalue weighted by Crippen LogP contribution is -2.04. The lowest BCUT2D eigenvalue weighted by Gasteiger charge is -2.07. The molecule has 1 atom stereocenters. The van der Waals surface area contributed by atoms with Crippen molar-refractivity contribution in [3.8, 4) is 5.75 Å². The molecule has 0 N–H and O–H groups in total. The maximum Gasteiger partial charge on any atom is 0.122 e. The summed E-state index contributed by atoms with van der Waals surface area (Å²) in [5.74, 6) is 0.973. The first-order valence-electron chi connectivity index (χ1n) is 4.57. The van der Waals surface area contributed by atoms with Crippen molar-refractivity contribution in [2.45, 2.75) is 20.0 Å². The van der Waals surface area contributed by atoms with Crippen molar-refractivity contribution in [1.82, 2.24) is 0 Å². The van der Waals surface area contributed by atoms with E-state index < -0.39 is 0 Å². The number of hydrogen-bond donors (Lipinski definition) is 0. The normalized spacial score (nSPS) is 20.0. The molecule has 1 heterocycles. The molecule has 1 aromatic carbocycles. The molecule has 0 radical (unpaired) electrons. The fourth-order valence-corrected chi connectivity index (χ4v) is 1.31. The summed E-state index contributed by atoms with van der Waals surface area (Å²) in [7, 11) is 0. The molecule has 1 aromatic rings. The quantitative estimate of drug-likeness (QED) is 0.661. The van der Waals surface area contributed by atoms with E-state index in [-0.39, 0.29) is 0 Å². The van der Waals surface area contributed by atoms with Gasteiger partial charge in [-0.2, -0.15) is 0 Å². The molecule has 70 valence electrons. The molecule has 1 saturated heterocycles. The molecule has 1 aliphatic heterocycles. The van der Waals surface area contributed by atoms with Crippen LogP contribution in [0.5, 0.6) is 5.75 Å². The highest BCUT2D eigenvalue weighted by Crippen LogP contribution is 2.20. The van der Waals surface area contributed by atoms with E-state index in [9.17, 15) is 0 Å². The fraction of sp³-hybridized carbons (Fsp3) is 0.455. The highest BCUT2D eigenvalue weighted by atomic mass is 16.6. The maximum absolute atomic E-state index is 5.59. The molecule has 0 spiro atoms. The van der Waals surface area contributed by atoms with E-state index in [2.05, 4.69) is 26.0 Å². The van der Waals surface area contributed by atoms with Crippen LogP contribution in [0.1, 0.15) is 11.1 Å². The molecule has 0 amide bonds. The molecule has 0 aromatic heterocycles. The summed E-state index contributed by atoms with van der Waals surface area (Å²) in [6, 6.07) is 6.21. The number of epoxide rings is 1. The smallest absolute Gasteiger partial charge is 0.122 e. The number of rotatable bonds is 3. The average molecular weight is 178 g/mol. The van der Waals surface area contributed by atoms with Gasteiger partial charge in [-0.25, -0.2) is 0 Å². The number of ether oxygens (including phenoxy) is 2. The Hall–Kier alpha value is -1.02. The van der Waals surface area contributed by atoms with Crippen LogP contribution in [0.3, 0.4) is 0 Å². The van der Waals surface area contributed by atoms with Gasteiger partial charge in [0.2, 0.25) is 0 Å². The first kappa shape index (κ1) is 8.57. The van der Waals surface area contributed by atoms with Crippen LogP contribution in [0.25, 0.3) is 0 Å². The topological polar surface area (TPSA) is 21.8 Å². The van der Waals surface area contributed by atoms with Crippen molar-refractivity contribution >= 4 is 0 Å². The highest BCUT2D eigenvalue weighted by molar-refractivity contribution is 5.35. The Kier molecular flexibility index (Phi) is 2.23. The fourth-order valence-electron chi connectivity index (χ4n) is 1.31. The largest absolute Gasteiger partial charge is 0.491 e. The van der Waals surface area contributed by atoms with E-state index in [0.29, 0.717) is 12.7 Å². The van der Waals surface area contributed by atoms with Crippen molar-refractivity contribution in [3.05, 3.63) is 29.3 Å². The molecular formula is C11H14O2. The second-order valence-corrected chi connectivity index (χ2v) is 3.54. The van der Waals surface area contributed by atoms with Gasteiger partial charge in [-0.05, 0) is 25.5 Å². The van der Waals surface area contributed by atoms with E-state index in [4.69, 9.17) is 9.47 Å². The van der Waals surface area contributed by atoms with Crippen LogP contribution in [0.4, 0.5) is 0 Å². The monoisotopic (exact) mass is 178 g/mol. The zero-order valence-electron chi connectivity index (χ0n) is 8.04. The molecule has 0 unspecified atom stereocenters. The predicted molar refractivity (Wildman–Crippen MR) is 51.2 cm³/mol. The van der Waals surface area contributed by atoms with Crippen LogP contribution < -0.4 is 4.74 Å². The van der Waals surface area contributed by atoms with Gasteiger partial charge in [-0.1, -0.05) is 17.7 Å². The van der Waals surface area contributed by atoms with Crippen molar-refractivity contribution in [2.24, 2.45) is 0 Å². The Morgan fingerprint density at radius 2 is 2.23 bits per heavy atom. The van der Waals surface area contributed by atoms with Crippen LogP contribution in [0.2, 0.25) is 0 Å². The van der Waals surface area contributed by atoms with Crippen LogP contribution in [0.15, 0.2) is 18.2 Å². The lowest BCUT2D eigenvalue weighted by atomic mass is 10.1. The average Bonchev–Trinajstić information content (AvgIpc) is 2.86. The van der Waals surface area contributed by atoms with Gasteiger partial charge in [0.1, 0.15) is 18.5 Å². The number of benzene rings is 1. The lowest BCUT2D eigenvalue weighted by molar-refractivity contribution is 0.261. The minimum absolute atomic E-state index is 0.334. The van der Waals surface area contributed by atoms with Crippen molar-refractivity contribution in [3.63, 3.8) is 0 Å². The first-order chi connectivity index (χ1) is 6.25. The molecule has 2 heteroatoms. The standard InChI is InChI=1S/C11H14O2/c1-8-3-4-11(9(2)5-8)13-7-10-6-12-10/h3-5,10H,6-7H2,1-2H3/t10-/m0/s1. The van der Waals surface area contributed by atoms with Crippen molar-refractivity contribution in [2.75, 3.05) is 13.2 Å². The van der Waals surface area contributed by atoms with E-state index in [0.717, 1.165) is 12.4 Å². The summed E-state index contributed by atoms with van der Waals surface area (Å²) in [4.78, 5) is 0. The minimum atomic E-state index is 0.334. The van der Waals surface area contributed by atoms with Crippen molar-refractivity contribution in [1.29, 1.82) is 0 Å². The third-order valence-corrected chi connectivity index (χ3v) is 2.16. The Bertz CT molecular complexity index is 303. The van der Waals surface area contributed by atoms with E-state index in [1.807, 2.05) is 6.07 Å². The van der Waals surface area contributed by atoms with Gasteiger partial charge in [0.05, 0.1) is 6.61 Å². The molecule has 1 aliphatic rings. The highest BCUT2D eigenvalue weighted by Gasteiger charge is 2.23. The van der Waals surface area contributed by atoms with Crippen LogP contribution in [0, 0.1) is 13.8 Å². The first-order valence-corrected chi connectivity index (χ1v) is 4.57. The van der Waals surface area contributed by atoms with E-state index in [1.54, 1.807) is 0 Å². The molecule has 1 fully saturated rings. The third kappa shape index (κ3) is 2.22. The van der Waals surface area contributed by atoms with Gasteiger partial charge in [-0.15, -0.1) is 0 Å². The Morgan fingerprint density at radius 1 is 1.46 bits per heavy atom. The second-order valence-electron chi connectivity index (χ2n) is 3.54. The molecule has 0 bridgehead atoms. The molecule has 2 rings (SSSR count). The zero-order chi connectivity index (χ0) is 9.26. The van der Waals surface area contributed by atoms with Gasteiger partial charge >= 0.3 is 0 Å². The van der Waals surface area contributed by atoms with Gasteiger partial charge in [0.15, 0.2) is 0 Å². The molecule has 13 heavy (non-hydrogen) atoms. The van der Waals surface area contributed by atoms with Gasteiger partial charge < -0.3 is 9.47 Å². The summed E-state index contributed by atoms with van der Waals surface area (Å²) in [6.45, 7) is 5.69. The zero-order valence-corrected chi connectivity index (χ0v) is 8.04. The van der Waals surface area contributed by atoms with E-state index in [1.165, 1.54) is 11.1 Å². The summed E-state index contributed by atoms with van der Waals surface area (Å²) >= 11 is 0. The summed E-state index contributed by atoms with van der Waals surface area (Å²) in [5.41, 5.74) is 2.47. The summed E-state index contributed by atoms with van der Waals surface area (Å²) in [6.07, 6.45) is 0.334. The Labute approximate surface area is 78.5 Å². The van der Waals surface area contributed by atoms with Gasteiger partial charge in [0, 0.05) is 0 Å². The summed E-state index contributed by atoms with van der Waals surface area (Å²) < 4.78 is 10.7. The predicted octanol–water partition coefficient (Wildman–Crippen LogP) is 2.08. The molecule has 0 aliphatic carbocycles. The van der Waals surface area contributed by atoms with Gasteiger partial charge in [-0.3, -0.25) is 0 Å².